The van der Waals surface area contributed by atoms with Crippen LogP contribution in [0.25, 0.3) is 0 Å². The van der Waals surface area contributed by atoms with Gasteiger partial charge in [0.15, 0.2) is 37.2 Å². The summed E-state index contributed by atoms with van der Waals surface area (Å²) in [6.45, 7) is 2.55. The first-order valence-electron chi connectivity index (χ1n) is 7.23. The Kier molecular flexibility index (Phi) is 8.31. The van der Waals surface area contributed by atoms with Crippen molar-refractivity contribution in [2.24, 2.45) is 15.3 Å². The highest BCUT2D eigenvalue weighted by Crippen LogP contribution is 2.08. The molecule has 24 heavy (non-hydrogen) atoms. The van der Waals surface area contributed by atoms with Crippen molar-refractivity contribution in [3.05, 3.63) is 53.8 Å². The van der Waals surface area contributed by atoms with E-state index in [1.54, 1.807) is 24.3 Å². The van der Waals surface area contributed by atoms with Crippen molar-refractivity contribution in [1.82, 2.24) is 0 Å². The molecule has 128 valence electrons. The number of anilines is 1. The van der Waals surface area contributed by atoms with Crippen molar-refractivity contribution in [2.75, 3.05) is 12.0 Å². The molecule has 0 aliphatic carbocycles. The first-order valence-corrected chi connectivity index (χ1v) is 7.23. The van der Waals surface area contributed by atoms with Crippen LogP contribution in [-0.2, 0) is 13.0 Å². The van der Waals surface area contributed by atoms with Gasteiger partial charge < -0.3 is 22.7 Å². The Bertz CT molecular complexity index is 691. The van der Waals surface area contributed by atoms with Gasteiger partial charge in [0.05, 0.1) is 11.4 Å². The molecule has 0 saturated heterocycles. The van der Waals surface area contributed by atoms with E-state index in [1.807, 2.05) is 23.9 Å². The zero-order chi connectivity index (χ0) is 16.5. The number of aliphatic hydroxyl groups excluding tert-OH is 1. The zero-order valence-corrected chi connectivity index (χ0v) is 14.0. The summed E-state index contributed by atoms with van der Waals surface area (Å²) in [6.07, 6.45) is 7.00. The highest BCUT2D eigenvalue weighted by Gasteiger charge is 2.03. The number of aliphatic hydroxyl groups is 1. The average Bonchev–Trinajstić information content (AvgIpc) is 2.57. The fraction of sp³-hybridized carbons (Fsp3) is 0.267. The third-order valence-corrected chi connectivity index (χ3v) is 3.06. The lowest BCUT2D eigenvalue weighted by atomic mass is 10.3. The Balaban J connectivity index is 0.00000288. The van der Waals surface area contributed by atoms with E-state index in [2.05, 4.69) is 20.8 Å². The molecule has 9 heteroatoms. The number of nitrogens with one attached hydrogen (secondary N) is 1. The first kappa shape index (κ1) is 19.5. The van der Waals surface area contributed by atoms with Crippen LogP contribution in [0, 0.1) is 5.21 Å². The summed E-state index contributed by atoms with van der Waals surface area (Å²) in [5.41, 5.74) is 4.85. The molecule has 0 spiro atoms. The van der Waals surface area contributed by atoms with Crippen molar-refractivity contribution < 1.29 is 26.8 Å². The van der Waals surface area contributed by atoms with Crippen molar-refractivity contribution in [3.63, 3.8) is 0 Å². The lowest BCUT2D eigenvalue weighted by Crippen LogP contribution is -3.00. The molecular weight excluding hydrogens is 332 g/mol. The van der Waals surface area contributed by atoms with Crippen LogP contribution < -0.4 is 27.1 Å². The second-order valence-electron chi connectivity index (χ2n) is 4.68. The molecular formula is C15H19ClN6O2. The minimum absolute atomic E-state index is 0. The highest BCUT2D eigenvalue weighted by molar-refractivity contribution is 5.57. The number of hydrazone groups is 1. The summed E-state index contributed by atoms with van der Waals surface area (Å²) in [5, 5.41) is 32.0. The van der Waals surface area contributed by atoms with Crippen molar-refractivity contribution >= 4 is 17.7 Å². The van der Waals surface area contributed by atoms with Crippen molar-refractivity contribution in [3.8, 4) is 0 Å². The highest BCUT2D eigenvalue weighted by atomic mass is 35.5. The summed E-state index contributed by atoms with van der Waals surface area (Å²) >= 11 is 0. The molecule has 0 bridgehead atoms. The number of halogens is 1. The molecule has 2 rings (SSSR count). The van der Waals surface area contributed by atoms with Gasteiger partial charge in [-0.05, 0) is 0 Å². The zero-order valence-electron chi connectivity index (χ0n) is 13.2. The van der Waals surface area contributed by atoms with Crippen LogP contribution in [0.4, 0.5) is 11.4 Å². The fourth-order valence-corrected chi connectivity index (χ4v) is 1.86. The van der Waals surface area contributed by atoms with Crippen LogP contribution in [0.5, 0.6) is 0 Å². The molecule has 0 saturated carbocycles. The van der Waals surface area contributed by atoms with Gasteiger partial charge in [0.2, 0.25) is 0 Å². The fourth-order valence-electron chi connectivity index (χ4n) is 1.86. The second-order valence-corrected chi connectivity index (χ2v) is 4.68. The second kappa shape index (κ2) is 10.2. The number of hydrogen-bond acceptors (Lipinski definition) is 5. The Morgan fingerprint density at radius 3 is 2.67 bits per heavy atom. The number of rotatable bonds is 7. The van der Waals surface area contributed by atoms with Gasteiger partial charge >= 0.3 is 0 Å². The minimum Gasteiger partial charge on any atom is -1.00 e. The van der Waals surface area contributed by atoms with Crippen LogP contribution >= 0.6 is 0 Å². The Morgan fingerprint density at radius 2 is 2.00 bits per heavy atom. The monoisotopic (exact) mass is 350 g/mol. The number of nitrogens with zero attached hydrogens (tertiary/aromatic N) is 5. The Labute approximate surface area is 146 Å². The van der Waals surface area contributed by atoms with Crippen LogP contribution in [0.1, 0.15) is 12.6 Å². The van der Waals surface area contributed by atoms with E-state index in [9.17, 15) is 5.21 Å². The summed E-state index contributed by atoms with van der Waals surface area (Å²) in [6, 6.07) is 6.95. The van der Waals surface area contributed by atoms with E-state index in [4.69, 9.17) is 5.11 Å². The van der Waals surface area contributed by atoms with E-state index in [1.165, 1.54) is 12.5 Å². The maximum absolute atomic E-state index is 11.4. The molecule has 8 nitrogen and oxygen atoms in total. The lowest BCUT2D eigenvalue weighted by molar-refractivity contribution is -0.698. The smallest absolute Gasteiger partial charge is 0.194 e. The quantitative estimate of drug-likeness (QED) is 0.155. The normalized spacial score (nSPS) is 10.9. The molecule has 0 aliphatic rings. The maximum Gasteiger partial charge on any atom is 0.194 e. The molecule has 0 amide bonds. The number of azo groups is 1. The molecule has 2 aromatic heterocycles. The van der Waals surface area contributed by atoms with Gasteiger partial charge in [-0.25, -0.2) is 4.57 Å². The van der Waals surface area contributed by atoms with Crippen LogP contribution in [0.2, 0.25) is 0 Å². The van der Waals surface area contributed by atoms with Crippen LogP contribution in [0.3, 0.4) is 0 Å². The Hall–Kier alpha value is -2.58. The van der Waals surface area contributed by atoms with Gasteiger partial charge in [-0.1, -0.05) is 6.92 Å². The number of hydrogen-bond donors (Lipinski definition) is 2. The molecule has 0 aromatic carbocycles. The SMILES string of the molecule is CCc1cc(NN=CN=Nc2cc[n+](CCO)cc2)cc[n+]1[O-].[Cl-]. The van der Waals surface area contributed by atoms with Gasteiger partial charge in [-0.3, -0.25) is 5.43 Å². The maximum atomic E-state index is 11.4. The van der Waals surface area contributed by atoms with Crippen molar-refractivity contribution in [1.29, 1.82) is 0 Å². The van der Waals surface area contributed by atoms with Crippen LogP contribution in [0.15, 0.2) is 58.2 Å². The summed E-state index contributed by atoms with van der Waals surface area (Å²) in [5.74, 6) is 0. The molecule has 2 aromatic rings. The lowest BCUT2D eigenvalue weighted by Gasteiger charge is -2.04. The van der Waals surface area contributed by atoms with E-state index in [-0.39, 0.29) is 19.0 Å². The molecule has 0 unspecified atom stereocenters. The van der Waals surface area contributed by atoms with Gasteiger partial charge in [0.1, 0.15) is 6.61 Å². The molecule has 0 atom stereocenters. The first-order chi connectivity index (χ1) is 11.2. The van der Waals surface area contributed by atoms with E-state index < -0.39 is 0 Å². The Morgan fingerprint density at radius 1 is 1.25 bits per heavy atom. The molecule has 0 fully saturated rings. The number of pyridine rings is 2. The molecule has 0 radical (unpaired) electrons. The average molecular weight is 351 g/mol. The third kappa shape index (κ3) is 5.90. The van der Waals surface area contributed by atoms with Gasteiger partial charge in [0.25, 0.3) is 0 Å². The predicted octanol–water partition coefficient (Wildman–Crippen LogP) is -1.69. The van der Waals surface area contributed by atoms with E-state index in [0.29, 0.717) is 30.0 Å². The molecule has 2 heterocycles. The van der Waals surface area contributed by atoms with E-state index in [0.717, 1.165) is 4.73 Å². The third-order valence-electron chi connectivity index (χ3n) is 3.06. The standard InChI is InChI=1S/C15H18N6O2.ClH/c1-2-15-11-14(5-8-21(15)23)19-17-12-16-18-13-3-6-20(7-4-13)9-10-22;/h3-8,11-12,22H,2,9-10H2,1H3;1H. The summed E-state index contributed by atoms with van der Waals surface area (Å²) in [7, 11) is 0. The summed E-state index contributed by atoms with van der Waals surface area (Å²) in [4.78, 5) is 0. The largest absolute Gasteiger partial charge is 1.00 e. The number of aromatic nitrogens is 2. The van der Waals surface area contributed by atoms with Gasteiger partial charge in [0, 0.05) is 30.7 Å². The molecule has 2 N–H and O–H groups in total. The van der Waals surface area contributed by atoms with E-state index >= 15 is 0 Å². The van der Waals surface area contributed by atoms with Gasteiger partial charge in [-0.15, -0.1) is 10.2 Å². The predicted molar refractivity (Wildman–Crippen MR) is 85.1 cm³/mol. The van der Waals surface area contributed by atoms with Crippen molar-refractivity contribution in [2.45, 2.75) is 19.9 Å². The van der Waals surface area contributed by atoms with Gasteiger partial charge in [-0.2, -0.15) is 9.83 Å². The minimum atomic E-state index is 0. The van der Waals surface area contributed by atoms with Crippen LogP contribution in [-0.4, -0.2) is 18.1 Å². The summed E-state index contributed by atoms with van der Waals surface area (Å²) < 4.78 is 2.67. The number of aryl methyl sites for hydroxylation is 1. The topological polar surface area (TPSA) is 100 Å². The molecule has 0 aliphatic heterocycles.